The van der Waals surface area contributed by atoms with Crippen LogP contribution >= 0.6 is 0 Å². The minimum absolute atomic E-state index is 0.00753. The Balaban J connectivity index is 1.30. The molecule has 34 nitrogen and oxygen atoms in total. The SMILES string of the molecule is C[C@@H]1NC(=O)[C@H](CC(N)=O)NC(=O)[C@H](Cc2ccc3ccccc3c2)NC(=O)[C@H](CCCN=C(N)N)NC(=O)[C@@H](Cc2ccccc2)NC(=O)[C@H](Cc2c[nH]cn2)NC(=O)[C@@H](NC(=O)[C@@H](N)Cc2ccc(O)cc2)CC(=O)N([C@@H](Cc2ccc(O)cc2)C(N)=O)[C@@](C)(C(=O)O)NC(=O)[C@H](Cc2ccccc2)NC1=O. The maximum atomic E-state index is 15.9. The van der Waals surface area contributed by atoms with Crippen LogP contribution in [0.4, 0.5) is 0 Å². The summed E-state index contributed by atoms with van der Waals surface area (Å²) >= 11 is 0. The number of fused-ring (bicyclic) bond motifs is 1. The minimum atomic E-state index is -3.19. The van der Waals surface area contributed by atoms with Gasteiger partial charge in [0.2, 0.25) is 76.5 Å². The van der Waals surface area contributed by atoms with Crippen molar-refractivity contribution in [1.29, 1.82) is 0 Å². The Morgan fingerprint density at radius 1 is 0.560 bits per heavy atom. The molecular formula is C75H88N18O16. The number of aliphatic imine (C=N–C) groups is 1. The summed E-state index contributed by atoms with van der Waals surface area (Å²) < 4.78 is 0. The Morgan fingerprint density at radius 2 is 1.04 bits per heavy atom. The fraction of sp³-hybridized carbons (Fsp3) is 0.320. The molecule has 1 fully saturated rings. The number of carbonyl (C=O) groups is 13. The largest absolute Gasteiger partial charge is 0.508 e. The van der Waals surface area contributed by atoms with Crippen LogP contribution in [0.1, 0.15) is 73.0 Å². The monoisotopic (exact) mass is 1500 g/mol. The van der Waals surface area contributed by atoms with E-state index in [2.05, 4.69) is 62.8 Å². The van der Waals surface area contributed by atoms with E-state index >= 15 is 33.6 Å². The summed E-state index contributed by atoms with van der Waals surface area (Å²) in [6, 6.07) is 20.7. The number of hydrogen-bond donors (Lipinski definition) is 18. The zero-order valence-electron chi connectivity index (χ0n) is 59.5. The van der Waals surface area contributed by atoms with Crippen molar-refractivity contribution < 1.29 is 77.6 Å². The molecule has 8 rings (SSSR count). The lowest BCUT2D eigenvalue weighted by Gasteiger charge is -2.43. The van der Waals surface area contributed by atoms with E-state index in [9.17, 15) is 44.1 Å². The average molecular weight is 1500 g/mol. The highest BCUT2D eigenvalue weighted by Crippen LogP contribution is 2.25. The van der Waals surface area contributed by atoms with Crippen LogP contribution in [-0.4, -0.2) is 186 Å². The molecule has 109 heavy (non-hydrogen) atoms. The van der Waals surface area contributed by atoms with Gasteiger partial charge in [-0.05, 0) is 96.0 Å². The zero-order valence-corrected chi connectivity index (χ0v) is 59.5. The number of guanidine groups is 1. The highest BCUT2D eigenvalue weighted by molar-refractivity contribution is 6.02. The van der Waals surface area contributed by atoms with Gasteiger partial charge in [0, 0.05) is 44.8 Å². The maximum absolute atomic E-state index is 15.9. The molecular weight excluding hydrogens is 1410 g/mol. The number of phenols is 2. The van der Waals surface area contributed by atoms with E-state index in [0.29, 0.717) is 27.2 Å². The second-order valence-electron chi connectivity index (χ2n) is 26.4. The Morgan fingerprint density at radius 3 is 1.58 bits per heavy atom. The summed E-state index contributed by atoms with van der Waals surface area (Å²) in [5.41, 5.74) is 28.3. The average Bonchev–Trinajstić information content (AvgIpc) is 0.829. The smallest absolute Gasteiger partial charge is 0.350 e. The number of nitrogens with two attached hydrogens (primary N) is 5. The Bertz CT molecular complexity index is 4450. The molecule has 0 spiro atoms. The quantitative estimate of drug-likeness (QED) is 0.0185. The van der Waals surface area contributed by atoms with Crippen LogP contribution in [0.25, 0.3) is 10.8 Å². The van der Waals surface area contributed by atoms with E-state index in [0.717, 1.165) is 24.6 Å². The van der Waals surface area contributed by atoms with Crippen molar-refractivity contribution in [2.45, 2.75) is 144 Å². The van der Waals surface area contributed by atoms with Gasteiger partial charge in [-0.15, -0.1) is 0 Å². The highest BCUT2D eigenvalue weighted by atomic mass is 16.4. The number of primary amides is 2. The maximum Gasteiger partial charge on any atom is 0.350 e. The van der Waals surface area contributed by atoms with Crippen molar-refractivity contribution in [1.82, 2.24) is 62.7 Å². The number of rotatable bonds is 23. The predicted octanol–water partition coefficient (Wildman–Crippen LogP) is -2.11. The molecule has 1 aromatic heterocycles. The number of nitrogens with zero attached hydrogens (tertiary/aromatic N) is 3. The molecule has 23 N–H and O–H groups in total. The summed E-state index contributed by atoms with van der Waals surface area (Å²) in [7, 11) is 0. The van der Waals surface area contributed by atoms with Crippen molar-refractivity contribution in [2.24, 2.45) is 33.7 Å². The minimum Gasteiger partial charge on any atom is -0.508 e. The molecule has 34 heteroatoms. The molecule has 0 aliphatic carbocycles. The Labute approximate surface area is 624 Å². The van der Waals surface area contributed by atoms with Gasteiger partial charge in [0.15, 0.2) is 5.96 Å². The molecule has 1 aliphatic rings. The molecule has 1 aliphatic heterocycles. The predicted molar refractivity (Wildman–Crippen MR) is 395 cm³/mol. The van der Waals surface area contributed by atoms with Crippen LogP contribution in [0, 0.1) is 0 Å². The standard InChI is InChI=1S/C75H88N18O16/c1-41-64(99)86-56(33-43-14-7-4-8-15-43)72(107)92-75(2,73(108)109)93(60(63(78)98)35-45-22-27-51(95)28-23-45)62(97)38-59(87-65(100)52(76)31-44-20-25-50(94)26-21-44)71(106)90-57(36-49-39-81-40-83-49)70(105)89-54(32-42-12-5-3-6-13-42)68(103)85-53(18-11-29-82-74(79)80)66(101)88-55(69(104)91-58(37-61(77)96)67(102)84-41)34-46-19-24-47-16-9-10-17-48(47)30-46/h3-10,12-17,19-28,30,39-41,52-60,94-95H,11,18,29,31-38,76H2,1-2H3,(H2,77,96)(H2,78,98)(H,81,83)(H,84,102)(H,85,103)(H,86,99)(H,87,100)(H,88,101)(H,89,105)(H,90,106)(H,91,104)(H,92,107)(H,108,109)(H4,79,80,82)/t41-,52-,53-,54+,55-,56-,57-,58-,59-,60-,75-/m0/s1. The summed E-state index contributed by atoms with van der Waals surface area (Å²) in [6.07, 6.45) is -2.47. The molecule has 12 amide bonds. The van der Waals surface area contributed by atoms with Crippen molar-refractivity contribution in [3.63, 3.8) is 0 Å². The number of imidazole rings is 1. The van der Waals surface area contributed by atoms with Gasteiger partial charge in [-0.2, -0.15) is 0 Å². The number of aliphatic carboxylic acids is 1. The third-order valence-corrected chi connectivity index (χ3v) is 18.0. The third-order valence-electron chi connectivity index (χ3n) is 18.0. The van der Waals surface area contributed by atoms with E-state index in [1.54, 1.807) is 78.9 Å². The van der Waals surface area contributed by atoms with Gasteiger partial charge in [0.25, 0.3) is 0 Å². The lowest BCUT2D eigenvalue weighted by Crippen LogP contribution is -2.72. The van der Waals surface area contributed by atoms with Crippen LogP contribution < -0.4 is 76.5 Å². The lowest BCUT2D eigenvalue weighted by molar-refractivity contribution is -0.168. The number of aromatic hydroxyl groups is 2. The van der Waals surface area contributed by atoms with Crippen molar-refractivity contribution in [3.05, 3.63) is 198 Å². The molecule has 574 valence electrons. The first-order valence-electron chi connectivity index (χ1n) is 34.7. The number of phenolic OH excluding ortho intramolecular Hbond substituents is 2. The van der Waals surface area contributed by atoms with Crippen LogP contribution in [-0.2, 0) is 101 Å². The summed E-state index contributed by atoms with van der Waals surface area (Å²) in [4.78, 5) is 204. The first-order valence-corrected chi connectivity index (χ1v) is 34.7. The number of hydrogen-bond acceptors (Lipinski definition) is 18. The molecule has 11 atom stereocenters. The van der Waals surface area contributed by atoms with Crippen LogP contribution in [0.15, 0.2) is 169 Å². The van der Waals surface area contributed by atoms with Crippen molar-refractivity contribution in [2.75, 3.05) is 6.54 Å². The number of nitrogens with one attached hydrogen (secondary N) is 10. The van der Waals surface area contributed by atoms with Gasteiger partial charge in [-0.3, -0.25) is 67.4 Å². The molecule has 1 saturated heterocycles. The topological polar surface area (TPSA) is 565 Å². The zero-order chi connectivity index (χ0) is 79.1. The fourth-order valence-corrected chi connectivity index (χ4v) is 12.2. The van der Waals surface area contributed by atoms with Gasteiger partial charge in [0.1, 0.15) is 65.9 Å². The van der Waals surface area contributed by atoms with Gasteiger partial charge in [0.05, 0.1) is 30.9 Å². The fourth-order valence-electron chi connectivity index (χ4n) is 12.2. The molecule has 0 bridgehead atoms. The number of carboxylic acid groups (broad SMARTS) is 1. The number of aromatic nitrogens is 2. The van der Waals surface area contributed by atoms with E-state index in [1.165, 1.54) is 73.2 Å². The van der Waals surface area contributed by atoms with E-state index in [-0.39, 0.29) is 67.4 Å². The lowest BCUT2D eigenvalue weighted by atomic mass is 9.97. The van der Waals surface area contributed by atoms with Gasteiger partial charge >= 0.3 is 5.97 Å². The normalized spacial score (nSPS) is 21.7. The van der Waals surface area contributed by atoms with Gasteiger partial charge < -0.3 is 96.8 Å². The van der Waals surface area contributed by atoms with Gasteiger partial charge in [-0.1, -0.05) is 127 Å². The third kappa shape index (κ3) is 23.6. The Hall–Kier alpha value is -13.3. The number of aromatic amines is 1. The number of benzene rings is 6. The van der Waals surface area contributed by atoms with Crippen LogP contribution in [0.5, 0.6) is 11.5 Å². The molecule has 7 aromatic rings. The second kappa shape index (κ2) is 38.1. The van der Waals surface area contributed by atoms with Crippen LogP contribution in [0.3, 0.4) is 0 Å². The summed E-state index contributed by atoms with van der Waals surface area (Å²) in [5, 5.41) is 56.1. The van der Waals surface area contributed by atoms with Gasteiger partial charge in [-0.25, -0.2) is 9.78 Å². The molecule has 0 unspecified atom stereocenters. The van der Waals surface area contributed by atoms with Crippen LogP contribution in [0.2, 0.25) is 0 Å². The summed E-state index contributed by atoms with van der Waals surface area (Å²) in [6.45, 7) is 1.85. The van der Waals surface area contributed by atoms with Crippen molar-refractivity contribution in [3.8, 4) is 11.5 Å². The van der Waals surface area contributed by atoms with Crippen molar-refractivity contribution >= 4 is 93.6 Å². The number of carboxylic acids is 1. The first-order chi connectivity index (χ1) is 51.9. The number of H-pyrrole nitrogens is 1. The summed E-state index contributed by atoms with van der Waals surface area (Å²) in [5.74, 6) is -17.3. The number of carbonyl (C=O) groups excluding carboxylic acids is 12. The van der Waals surface area contributed by atoms with E-state index in [4.69, 9.17) is 28.7 Å². The molecule has 0 saturated carbocycles. The Kier molecular flexibility index (Phi) is 28.5. The molecule has 2 heterocycles. The first kappa shape index (κ1) is 81.4. The number of amides is 12. The molecule has 0 radical (unpaired) electrons. The van der Waals surface area contributed by atoms with E-state index in [1.807, 2.05) is 12.1 Å². The van der Waals surface area contributed by atoms with E-state index < -0.39 is 175 Å². The highest BCUT2D eigenvalue weighted by Gasteiger charge is 2.51. The molecule has 6 aromatic carbocycles. The second-order valence-corrected chi connectivity index (χ2v) is 26.4.